The van der Waals surface area contributed by atoms with Crippen LogP contribution in [0, 0.1) is 6.92 Å². The van der Waals surface area contributed by atoms with Crippen LogP contribution in [-0.2, 0) is 33.3 Å². The number of nitrogens with zero attached hydrogens (tertiary/aromatic N) is 5. The minimum Gasteiger partial charge on any atom is -0.467 e. The van der Waals surface area contributed by atoms with Crippen molar-refractivity contribution < 1.29 is 42.9 Å². The topological polar surface area (TPSA) is 164 Å². The first-order valence-corrected chi connectivity index (χ1v) is 15.4. The summed E-state index contributed by atoms with van der Waals surface area (Å²) in [7, 11) is 2.58. The minimum atomic E-state index is -0.812. The number of nitrogens with one attached hydrogen (secondary N) is 1. The van der Waals surface area contributed by atoms with E-state index in [1.807, 2.05) is 17.9 Å². The normalized spacial score (nSPS) is 18.6. The molecule has 0 unspecified atom stereocenters. The molecule has 2 atom stereocenters. The molecule has 2 aliphatic rings. The summed E-state index contributed by atoms with van der Waals surface area (Å²) >= 11 is 5.24. The maximum atomic E-state index is 12.3. The van der Waals surface area contributed by atoms with Crippen molar-refractivity contribution >= 4 is 52.9 Å². The molecule has 2 amide bonds. The molecule has 0 spiro atoms. The van der Waals surface area contributed by atoms with E-state index in [0.717, 1.165) is 11.5 Å². The molecule has 1 aromatic rings. The second-order valence-corrected chi connectivity index (χ2v) is 13.5. The number of aryl methyl sites for hydroxylation is 1. The summed E-state index contributed by atoms with van der Waals surface area (Å²) in [5.41, 5.74) is -0.336. The standard InChI is InChI=1S/C15H24N4O4.C15H24N2O5S/c1-10-8-12(17-16-10)18-6-7-19(11(9-18)13(20)22-5)14(21)23-15(2,3)4;1-10(18)8-12(23)16-6-7-17(11(9-16)13(19)21-5)14(20)22-15(2,3)4/h8,11H,6-7,9H2,1-5H3,(H,16,17);11H,6-9H2,1-5H3/t2*11-/m00/s1. The van der Waals surface area contributed by atoms with E-state index < -0.39 is 47.4 Å². The van der Waals surface area contributed by atoms with Gasteiger partial charge < -0.3 is 28.7 Å². The molecule has 0 saturated carbocycles. The highest BCUT2D eigenvalue weighted by molar-refractivity contribution is 7.80. The number of ketones is 1. The zero-order valence-electron chi connectivity index (χ0n) is 28.5. The summed E-state index contributed by atoms with van der Waals surface area (Å²) in [6, 6.07) is 0.367. The number of H-pyrrole nitrogens is 1. The van der Waals surface area contributed by atoms with Gasteiger partial charge in [-0.1, -0.05) is 12.2 Å². The third kappa shape index (κ3) is 11.4. The molecule has 0 aromatic carbocycles. The van der Waals surface area contributed by atoms with Gasteiger partial charge in [0.15, 0.2) is 17.9 Å². The van der Waals surface area contributed by atoms with Crippen molar-refractivity contribution in [3.63, 3.8) is 0 Å². The molecule has 1 N–H and O–H groups in total. The van der Waals surface area contributed by atoms with E-state index in [1.165, 1.54) is 30.9 Å². The molecule has 16 heteroatoms. The fourth-order valence-corrected chi connectivity index (χ4v) is 5.01. The first-order chi connectivity index (χ1) is 21.3. The summed E-state index contributed by atoms with van der Waals surface area (Å²) < 4.78 is 20.4. The van der Waals surface area contributed by atoms with Crippen LogP contribution >= 0.6 is 12.2 Å². The second kappa shape index (κ2) is 16.1. The lowest BCUT2D eigenvalue weighted by atomic mass is 10.1. The van der Waals surface area contributed by atoms with Gasteiger partial charge in [0, 0.05) is 44.5 Å². The number of methoxy groups -OCH3 is 2. The van der Waals surface area contributed by atoms with Crippen LogP contribution in [0.15, 0.2) is 6.07 Å². The number of aromatic amines is 1. The molecule has 0 bridgehead atoms. The number of aromatic nitrogens is 2. The van der Waals surface area contributed by atoms with E-state index in [2.05, 4.69) is 10.2 Å². The minimum absolute atomic E-state index is 0.0424. The van der Waals surface area contributed by atoms with Crippen molar-refractivity contribution in [2.75, 3.05) is 58.4 Å². The maximum absolute atomic E-state index is 12.3. The highest BCUT2D eigenvalue weighted by atomic mass is 32.1. The van der Waals surface area contributed by atoms with Crippen LogP contribution in [0.4, 0.5) is 15.4 Å². The van der Waals surface area contributed by atoms with E-state index in [0.29, 0.717) is 31.2 Å². The molecule has 258 valence electrons. The highest BCUT2D eigenvalue weighted by Gasteiger charge is 2.40. The third-order valence-electron chi connectivity index (χ3n) is 6.73. The predicted octanol–water partition coefficient (Wildman–Crippen LogP) is 2.70. The largest absolute Gasteiger partial charge is 0.467 e. The Morgan fingerprint density at radius 3 is 1.74 bits per heavy atom. The zero-order valence-corrected chi connectivity index (χ0v) is 29.3. The fraction of sp³-hybridized carbons (Fsp3) is 0.700. The summed E-state index contributed by atoms with van der Waals surface area (Å²) in [4.78, 5) is 66.9. The quantitative estimate of drug-likeness (QED) is 0.277. The Hall–Kier alpha value is -3.95. The number of anilines is 1. The van der Waals surface area contributed by atoms with Crippen LogP contribution in [-0.4, -0.2) is 137 Å². The summed E-state index contributed by atoms with van der Waals surface area (Å²) in [5.74, 6) is -0.293. The van der Waals surface area contributed by atoms with Crippen molar-refractivity contribution in [2.45, 2.75) is 85.1 Å². The lowest BCUT2D eigenvalue weighted by molar-refractivity contribution is -0.148. The molecule has 2 aliphatic heterocycles. The van der Waals surface area contributed by atoms with E-state index in [9.17, 15) is 24.0 Å². The Morgan fingerprint density at radius 1 is 0.848 bits per heavy atom. The van der Waals surface area contributed by atoms with Crippen molar-refractivity contribution in [1.29, 1.82) is 0 Å². The van der Waals surface area contributed by atoms with Crippen LogP contribution in [0.25, 0.3) is 0 Å². The lowest BCUT2D eigenvalue weighted by Crippen LogP contribution is -2.60. The van der Waals surface area contributed by atoms with Crippen molar-refractivity contribution in [3.05, 3.63) is 11.8 Å². The van der Waals surface area contributed by atoms with Crippen LogP contribution in [0.2, 0.25) is 0 Å². The van der Waals surface area contributed by atoms with Gasteiger partial charge in [-0.3, -0.25) is 19.7 Å². The number of hydrogen-bond donors (Lipinski definition) is 1. The number of thiocarbonyl (C=S) groups is 1. The molecule has 0 radical (unpaired) electrons. The van der Waals surface area contributed by atoms with Gasteiger partial charge in [0.2, 0.25) is 0 Å². The number of rotatable bonds is 5. The molecule has 3 rings (SSSR count). The Morgan fingerprint density at radius 2 is 1.33 bits per heavy atom. The Bertz CT molecular complexity index is 1270. The van der Waals surface area contributed by atoms with Gasteiger partial charge in [-0.05, 0) is 55.4 Å². The average molecular weight is 669 g/mol. The zero-order chi connectivity index (χ0) is 35.0. The highest BCUT2D eigenvalue weighted by Crippen LogP contribution is 2.21. The summed E-state index contributed by atoms with van der Waals surface area (Å²) in [6.07, 6.45) is -0.925. The Balaban J connectivity index is 0.000000320. The number of hydrogen-bond acceptors (Lipinski definition) is 12. The molecular weight excluding hydrogens is 620 g/mol. The van der Waals surface area contributed by atoms with Crippen LogP contribution in [0.5, 0.6) is 0 Å². The molecular formula is C30H48N6O9S. The number of carbonyl (C=O) groups excluding carboxylic acids is 5. The van der Waals surface area contributed by atoms with E-state index in [-0.39, 0.29) is 25.3 Å². The summed E-state index contributed by atoms with van der Waals surface area (Å²) in [5, 5.41) is 7.08. The second-order valence-electron chi connectivity index (χ2n) is 13.0. The van der Waals surface area contributed by atoms with Crippen LogP contribution in [0.3, 0.4) is 0 Å². The number of piperazine rings is 2. The maximum Gasteiger partial charge on any atom is 0.411 e. The number of ether oxygens (including phenoxy) is 4. The molecule has 3 heterocycles. The number of amides is 2. The molecule has 2 saturated heterocycles. The molecule has 15 nitrogen and oxygen atoms in total. The van der Waals surface area contributed by atoms with Crippen LogP contribution in [0.1, 0.15) is 60.6 Å². The molecule has 0 aliphatic carbocycles. The smallest absolute Gasteiger partial charge is 0.411 e. The van der Waals surface area contributed by atoms with Gasteiger partial charge >= 0.3 is 24.1 Å². The summed E-state index contributed by atoms with van der Waals surface area (Å²) in [6.45, 7) is 16.2. The van der Waals surface area contributed by atoms with Gasteiger partial charge in [0.1, 0.15) is 17.0 Å². The lowest BCUT2D eigenvalue weighted by Gasteiger charge is -2.41. The number of Topliss-reactive ketones (excluding diaryl/α,β-unsaturated/α-hetero) is 1. The van der Waals surface area contributed by atoms with E-state index in [1.54, 1.807) is 46.4 Å². The van der Waals surface area contributed by atoms with Crippen LogP contribution < -0.4 is 4.90 Å². The predicted molar refractivity (Wildman–Crippen MR) is 172 cm³/mol. The van der Waals surface area contributed by atoms with Crippen molar-refractivity contribution in [2.24, 2.45) is 0 Å². The van der Waals surface area contributed by atoms with Gasteiger partial charge in [-0.15, -0.1) is 0 Å². The van der Waals surface area contributed by atoms with Crippen molar-refractivity contribution in [1.82, 2.24) is 24.9 Å². The Labute approximate surface area is 275 Å². The first-order valence-electron chi connectivity index (χ1n) is 14.9. The van der Waals surface area contributed by atoms with E-state index >= 15 is 0 Å². The van der Waals surface area contributed by atoms with Gasteiger partial charge in [0.25, 0.3) is 0 Å². The van der Waals surface area contributed by atoms with Crippen molar-refractivity contribution in [3.8, 4) is 0 Å². The fourth-order valence-electron chi connectivity index (χ4n) is 4.64. The molecule has 2 fully saturated rings. The third-order valence-corrected chi connectivity index (χ3v) is 7.14. The molecule has 46 heavy (non-hydrogen) atoms. The number of carbonyl (C=O) groups is 5. The van der Waals surface area contributed by atoms with Gasteiger partial charge in [-0.25, -0.2) is 19.2 Å². The SMILES string of the molecule is COC(=O)[C@@H]1CN(C(=S)CC(C)=O)CCN1C(=O)OC(C)(C)C.COC(=O)[C@@H]1CN(c2cc(C)[nH]n2)CCN1C(=O)OC(C)(C)C. The van der Waals surface area contributed by atoms with Gasteiger partial charge in [0.05, 0.1) is 32.2 Å². The van der Waals surface area contributed by atoms with Gasteiger partial charge in [-0.2, -0.15) is 5.10 Å². The van der Waals surface area contributed by atoms with E-state index in [4.69, 9.17) is 31.2 Å². The Kier molecular flexibility index (Phi) is 13.3. The first kappa shape index (κ1) is 38.2. The monoisotopic (exact) mass is 668 g/mol. The average Bonchev–Trinajstić information content (AvgIpc) is 3.40. The molecule has 1 aromatic heterocycles. The number of esters is 2.